The van der Waals surface area contributed by atoms with E-state index < -0.39 is 18.0 Å². The highest BCUT2D eigenvalue weighted by atomic mass is 16.5. The Morgan fingerprint density at radius 2 is 1.84 bits per heavy atom. The van der Waals surface area contributed by atoms with Gasteiger partial charge in [0.1, 0.15) is 24.0 Å². The fourth-order valence-corrected chi connectivity index (χ4v) is 1.41. The molecule has 1 aromatic carbocycles. The van der Waals surface area contributed by atoms with Gasteiger partial charge in [0.25, 0.3) is 0 Å². The van der Waals surface area contributed by atoms with Gasteiger partial charge in [-0.15, -0.1) is 0 Å². The van der Waals surface area contributed by atoms with Crippen LogP contribution < -0.4 is 10.5 Å². The molecule has 19 heavy (non-hydrogen) atoms. The van der Waals surface area contributed by atoms with Crippen molar-refractivity contribution in [1.82, 2.24) is 0 Å². The standard InChI is InChI=1S/C13H15NO5/c1-8(15)6-12(16)19-10-4-2-9(3-5-10)7-11(14)13(17)18/h2-5,11H,6-7,14H2,1H3,(H,17,18). The van der Waals surface area contributed by atoms with Crippen LogP contribution in [0, 0.1) is 0 Å². The normalized spacial score (nSPS) is 11.7. The summed E-state index contributed by atoms with van der Waals surface area (Å²) in [6, 6.07) is 5.34. The molecule has 6 nitrogen and oxygen atoms in total. The van der Waals surface area contributed by atoms with Gasteiger partial charge in [0.2, 0.25) is 0 Å². The zero-order chi connectivity index (χ0) is 14.4. The number of hydrogen-bond donors (Lipinski definition) is 2. The van der Waals surface area contributed by atoms with Crippen LogP contribution in [0.15, 0.2) is 24.3 Å². The smallest absolute Gasteiger partial charge is 0.320 e. The summed E-state index contributed by atoms with van der Waals surface area (Å²) in [7, 11) is 0. The van der Waals surface area contributed by atoms with E-state index >= 15 is 0 Å². The van der Waals surface area contributed by atoms with Gasteiger partial charge in [-0.3, -0.25) is 14.4 Å². The van der Waals surface area contributed by atoms with Gasteiger partial charge in [0.15, 0.2) is 0 Å². The van der Waals surface area contributed by atoms with E-state index in [0.29, 0.717) is 5.75 Å². The van der Waals surface area contributed by atoms with Gasteiger partial charge in [-0.2, -0.15) is 0 Å². The minimum atomic E-state index is -1.07. The Kier molecular flexibility index (Phi) is 5.20. The Hall–Kier alpha value is -2.21. The summed E-state index contributed by atoms with van der Waals surface area (Å²) in [5.41, 5.74) is 6.12. The van der Waals surface area contributed by atoms with Crippen LogP contribution in [0.3, 0.4) is 0 Å². The number of nitrogens with two attached hydrogens (primary N) is 1. The van der Waals surface area contributed by atoms with E-state index in [1.54, 1.807) is 12.1 Å². The van der Waals surface area contributed by atoms with Gasteiger partial charge in [0, 0.05) is 0 Å². The van der Waals surface area contributed by atoms with E-state index in [1.165, 1.54) is 19.1 Å². The van der Waals surface area contributed by atoms with Crippen molar-refractivity contribution in [3.63, 3.8) is 0 Å². The number of aliphatic carboxylic acids is 1. The third-order valence-corrected chi connectivity index (χ3v) is 2.32. The molecule has 0 aliphatic heterocycles. The first-order valence-electron chi connectivity index (χ1n) is 5.66. The second kappa shape index (κ2) is 6.65. The van der Waals surface area contributed by atoms with Crippen LogP contribution in [0.4, 0.5) is 0 Å². The monoisotopic (exact) mass is 265 g/mol. The molecule has 0 heterocycles. The molecule has 0 radical (unpaired) electrons. The van der Waals surface area contributed by atoms with Crippen molar-refractivity contribution in [3.05, 3.63) is 29.8 Å². The second-order valence-corrected chi connectivity index (χ2v) is 4.15. The third kappa shape index (κ3) is 5.31. The van der Waals surface area contributed by atoms with Gasteiger partial charge in [-0.1, -0.05) is 12.1 Å². The van der Waals surface area contributed by atoms with Gasteiger partial charge in [0.05, 0.1) is 0 Å². The lowest BCUT2D eigenvalue weighted by molar-refractivity contribution is -0.139. The van der Waals surface area contributed by atoms with Crippen molar-refractivity contribution >= 4 is 17.7 Å². The fraction of sp³-hybridized carbons (Fsp3) is 0.308. The van der Waals surface area contributed by atoms with E-state index in [0.717, 1.165) is 5.56 Å². The molecule has 3 N–H and O–H groups in total. The molecule has 0 aliphatic carbocycles. The van der Waals surface area contributed by atoms with Crippen LogP contribution in [0.25, 0.3) is 0 Å². The molecule has 0 saturated heterocycles. The van der Waals surface area contributed by atoms with Crippen molar-refractivity contribution < 1.29 is 24.2 Å². The molecular weight excluding hydrogens is 250 g/mol. The topological polar surface area (TPSA) is 107 Å². The molecule has 0 aliphatic rings. The zero-order valence-electron chi connectivity index (χ0n) is 10.5. The fourth-order valence-electron chi connectivity index (χ4n) is 1.41. The Bertz CT molecular complexity index is 480. The lowest BCUT2D eigenvalue weighted by Crippen LogP contribution is -2.32. The van der Waals surface area contributed by atoms with Gasteiger partial charge >= 0.3 is 11.9 Å². The first kappa shape index (κ1) is 14.8. The Balaban J connectivity index is 2.59. The summed E-state index contributed by atoms with van der Waals surface area (Å²) in [5, 5.41) is 8.67. The summed E-state index contributed by atoms with van der Waals surface area (Å²) in [6.45, 7) is 1.30. The SMILES string of the molecule is CC(=O)CC(=O)Oc1ccc(CC(N)C(=O)O)cc1. The number of esters is 1. The number of Topliss-reactive ketones (excluding diaryl/α,β-unsaturated/α-hetero) is 1. The molecule has 0 aromatic heterocycles. The number of carbonyl (C=O) groups excluding carboxylic acids is 2. The molecule has 1 aromatic rings. The third-order valence-electron chi connectivity index (χ3n) is 2.32. The zero-order valence-corrected chi connectivity index (χ0v) is 10.5. The molecule has 1 rings (SSSR count). The summed E-state index contributed by atoms with van der Waals surface area (Å²) in [6.07, 6.45) is -0.0807. The molecule has 0 fully saturated rings. The van der Waals surface area contributed by atoms with Gasteiger partial charge in [-0.25, -0.2) is 0 Å². The molecule has 0 amide bonds. The van der Waals surface area contributed by atoms with Crippen molar-refractivity contribution in [1.29, 1.82) is 0 Å². The van der Waals surface area contributed by atoms with Crippen molar-refractivity contribution in [2.45, 2.75) is 25.8 Å². The van der Waals surface area contributed by atoms with Crippen LogP contribution in [0.5, 0.6) is 5.75 Å². The average Bonchev–Trinajstić information content (AvgIpc) is 2.30. The number of carboxylic acid groups (broad SMARTS) is 1. The molecule has 0 spiro atoms. The van der Waals surface area contributed by atoms with Gasteiger partial charge < -0.3 is 15.6 Å². The van der Waals surface area contributed by atoms with Crippen molar-refractivity contribution in [2.24, 2.45) is 5.73 Å². The van der Waals surface area contributed by atoms with E-state index in [1.807, 2.05) is 0 Å². The summed E-state index contributed by atoms with van der Waals surface area (Å²) in [5.74, 6) is -1.66. The summed E-state index contributed by atoms with van der Waals surface area (Å²) in [4.78, 5) is 32.5. The maximum atomic E-state index is 11.2. The quantitative estimate of drug-likeness (QED) is 0.441. The first-order valence-corrected chi connectivity index (χ1v) is 5.66. The minimum Gasteiger partial charge on any atom is -0.480 e. The molecule has 0 bridgehead atoms. The number of rotatable bonds is 6. The summed E-state index contributed by atoms with van der Waals surface area (Å²) >= 11 is 0. The molecular formula is C13H15NO5. The van der Waals surface area contributed by atoms with Crippen LogP contribution in [-0.2, 0) is 20.8 Å². The van der Waals surface area contributed by atoms with E-state index in [4.69, 9.17) is 15.6 Å². The maximum Gasteiger partial charge on any atom is 0.320 e. The molecule has 6 heteroatoms. The lowest BCUT2D eigenvalue weighted by Gasteiger charge is -2.07. The van der Waals surface area contributed by atoms with Crippen LogP contribution in [-0.4, -0.2) is 28.9 Å². The molecule has 102 valence electrons. The number of ether oxygens (including phenoxy) is 1. The highest BCUT2D eigenvalue weighted by Crippen LogP contribution is 2.14. The molecule has 0 saturated carbocycles. The van der Waals surface area contributed by atoms with E-state index in [9.17, 15) is 14.4 Å². The second-order valence-electron chi connectivity index (χ2n) is 4.15. The highest BCUT2D eigenvalue weighted by Gasteiger charge is 2.12. The summed E-state index contributed by atoms with van der Waals surface area (Å²) < 4.78 is 4.93. The predicted octanol–water partition coefficient (Wildman–Crippen LogP) is 0.525. The number of benzene rings is 1. The Morgan fingerprint density at radius 1 is 1.26 bits per heavy atom. The lowest BCUT2D eigenvalue weighted by atomic mass is 10.1. The Morgan fingerprint density at radius 3 is 2.32 bits per heavy atom. The number of ketones is 1. The number of carbonyl (C=O) groups is 3. The predicted molar refractivity (Wildman–Crippen MR) is 66.7 cm³/mol. The minimum absolute atomic E-state index is 0.191. The highest BCUT2D eigenvalue weighted by molar-refractivity contribution is 5.94. The molecule has 1 unspecified atom stereocenters. The Labute approximate surface area is 110 Å². The average molecular weight is 265 g/mol. The maximum absolute atomic E-state index is 11.2. The largest absolute Gasteiger partial charge is 0.480 e. The van der Waals surface area contributed by atoms with Crippen LogP contribution >= 0.6 is 0 Å². The van der Waals surface area contributed by atoms with E-state index in [-0.39, 0.29) is 18.6 Å². The number of hydrogen-bond acceptors (Lipinski definition) is 5. The first-order chi connectivity index (χ1) is 8.88. The van der Waals surface area contributed by atoms with Crippen LogP contribution in [0.1, 0.15) is 18.9 Å². The van der Waals surface area contributed by atoms with E-state index in [2.05, 4.69) is 0 Å². The van der Waals surface area contributed by atoms with Crippen molar-refractivity contribution in [2.75, 3.05) is 0 Å². The number of carboxylic acids is 1. The van der Waals surface area contributed by atoms with Crippen molar-refractivity contribution in [3.8, 4) is 5.75 Å². The molecule has 1 atom stereocenters. The van der Waals surface area contributed by atoms with Gasteiger partial charge in [-0.05, 0) is 31.0 Å². The van der Waals surface area contributed by atoms with Crippen LogP contribution in [0.2, 0.25) is 0 Å².